The monoisotopic (exact) mass is 314 g/mol. The quantitative estimate of drug-likeness (QED) is 0.676. The first-order valence-electron chi connectivity index (χ1n) is 7.11. The number of nitrogens with zero attached hydrogens (tertiary/aromatic N) is 1. The van der Waals surface area contributed by atoms with Gasteiger partial charge in [0.2, 0.25) is 0 Å². The summed E-state index contributed by atoms with van der Waals surface area (Å²) < 4.78 is 5.46. The van der Waals surface area contributed by atoms with Crippen LogP contribution >= 0.6 is 0 Å². The fourth-order valence-electron chi connectivity index (χ4n) is 2.25. The van der Waals surface area contributed by atoms with Gasteiger partial charge in [0.05, 0.1) is 4.92 Å². The predicted molar refractivity (Wildman–Crippen MR) is 87.9 cm³/mol. The Hall–Kier alpha value is -2.89. The van der Waals surface area contributed by atoms with Crippen LogP contribution in [0.1, 0.15) is 16.7 Å². The van der Waals surface area contributed by atoms with Crippen LogP contribution in [0.2, 0.25) is 0 Å². The molecular weight excluding hydrogens is 296 g/mol. The van der Waals surface area contributed by atoms with Gasteiger partial charge >= 0.3 is 0 Å². The number of rotatable bonds is 5. The van der Waals surface area contributed by atoms with E-state index in [4.69, 9.17) is 4.74 Å². The standard InChI is InChI=1S/C17H18N2O4/c1-11-6-12(2)8-15(7-11)23-10-17(20)18-14-5-4-13(3)16(9-14)19(21)22/h4-9H,10H2,1-3H3,(H,18,20). The largest absolute Gasteiger partial charge is 0.484 e. The Morgan fingerprint density at radius 2 is 1.78 bits per heavy atom. The second kappa shape index (κ2) is 6.91. The number of hydrogen-bond acceptors (Lipinski definition) is 4. The highest BCUT2D eigenvalue weighted by Crippen LogP contribution is 2.22. The fraction of sp³-hybridized carbons (Fsp3) is 0.235. The van der Waals surface area contributed by atoms with Crippen molar-refractivity contribution in [2.75, 3.05) is 11.9 Å². The van der Waals surface area contributed by atoms with Crippen LogP contribution in [-0.4, -0.2) is 17.4 Å². The molecule has 0 saturated heterocycles. The van der Waals surface area contributed by atoms with E-state index in [2.05, 4.69) is 5.32 Å². The molecule has 0 unspecified atom stereocenters. The fourth-order valence-corrected chi connectivity index (χ4v) is 2.25. The molecule has 0 atom stereocenters. The molecule has 2 rings (SSSR count). The minimum absolute atomic E-state index is 0.0296. The van der Waals surface area contributed by atoms with Crippen molar-refractivity contribution in [3.63, 3.8) is 0 Å². The van der Waals surface area contributed by atoms with Crippen molar-refractivity contribution in [1.82, 2.24) is 0 Å². The summed E-state index contributed by atoms with van der Waals surface area (Å²) in [4.78, 5) is 22.3. The maximum absolute atomic E-state index is 11.9. The number of nitrogens with one attached hydrogen (secondary N) is 1. The first-order valence-corrected chi connectivity index (χ1v) is 7.11. The summed E-state index contributed by atoms with van der Waals surface area (Å²) in [6.45, 7) is 5.38. The second-order valence-electron chi connectivity index (χ2n) is 5.42. The lowest BCUT2D eigenvalue weighted by Gasteiger charge is -2.09. The highest BCUT2D eigenvalue weighted by molar-refractivity contribution is 5.92. The molecule has 6 nitrogen and oxygen atoms in total. The predicted octanol–water partition coefficient (Wildman–Crippen LogP) is 3.54. The van der Waals surface area contributed by atoms with Gasteiger partial charge in [-0.2, -0.15) is 0 Å². The van der Waals surface area contributed by atoms with E-state index in [0.29, 0.717) is 17.0 Å². The Balaban J connectivity index is 1.99. The lowest BCUT2D eigenvalue weighted by molar-refractivity contribution is -0.385. The maximum Gasteiger partial charge on any atom is 0.274 e. The number of nitro benzene ring substituents is 1. The van der Waals surface area contributed by atoms with Crippen molar-refractivity contribution < 1.29 is 14.5 Å². The lowest BCUT2D eigenvalue weighted by Crippen LogP contribution is -2.20. The van der Waals surface area contributed by atoms with Gasteiger partial charge in [-0.1, -0.05) is 12.1 Å². The minimum Gasteiger partial charge on any atom is -0.484 e. The number of ether oxygens (including phenoxy) is 1. The molecular formula is C17H18N2O4. The Morgan fingerprint density at radius 1 is 1.13 bits per heavy atom. The molecule has 120 valence electrons. The third kappa shape index (κ3) is 4.54. The lowest BCUT2D eigenvalue weighted by atomic mass is 10.1. The van der Waals surface area contributed by atoms with Crippen LogP contribution in [-0.2, 0) is 4.79 Å². The summed E-state index contributed by atoms with van der Waals surface area (Å²) in [5, 5.41) is 13.5. The van der Waals surface area contributed by atoms with E-state index in [9.17, 15) is 14.9 Å². The van der Waals surface area contributed by atoms with E-state index >= 15 is 0 Å². The molecule has 0 bridgehead atoms. The summed E-state index contributed by atoms with van der Waals surface area (Å²) in [5.41, 5.74) is 2.98. The molecule has 1 amide bonds. The third-order valence-electron chi connectivity index (χ3n) is 3.25. The van der Waals surface area contributed by atoms with Crippen molar-refractivity contribution in [2.24, 2.45) is 0 Å². The zero-order chi connectivity index (χ0) is 17.0. The van der Waals surface area contributed by atoms with Crippen LogP contribution in [0.3, 0.4) is 0 Å². The van der Waals surface area contributed by atoms with Gasteiger partial charge in [0.1, 0.15) is 5.75 Å². The summed E-state index contributed by atoms with van der Waals surface area (Å²) in [5.74, 6) is 0.245. The molecule has 0 fully saturated rings. The minimum atomic E-state index is -0.475. The molecule has 2 aromatic carbocycles. The highest BCUT2D eigenvalue weighted by Gasteiger charge is 2.12. The Labute approximate surface area is 134 Å². The molecule has 1 N–H and O–H groups in total. The summed E-state index contributed by atoms with van der Waals surface area (Å²) in [6.07, 6.45) is 0. The van der Waals surface area contributed by atoms with E-state index in [1.807, 2.05) is 32.0 Å². The average Bonchev–Trinajstić information content (AvgIpc) is 2.46. The van der Waals surface area contributed by atoms with Gasteiger partial charge in [0.25, 0.3) is 11.6 Å². The Kier molecular flexibility index (Phi) is 4.95. The number of amides is 1. The zero-order valence-corrected chi connectivity index (χ0v) is 13.3. The summed E-state index contributed by atoms with van der Waals surface area (Å²) >= 11 is 0. The van der Waals surface area contributed by atoms with E-state index in [0.717, 1.165) is 11.1 Å². The number of carbonyl (C=O) groups is 1. The maximum atomic E-state index is 11.9. The van der Waals surface area contributed by atoms with Crippen molar-refractivity contribution in [3.8, 4) is 5.75 Å². The summed E-state index contributed by atoms with van der Waals surface area (Å²) in [7, 11) is 0. The zero-order valence-electron chi connectivity index (χ0n) is 13.3. The van der Waals surface area contributed by atoms with Gasteiger partial charge in [-0.15, -0.1) is 0 Å². The molecule has 0 heterocycles. The van der Waals surface area contributed by atoms with Crippen LogP contribution in [0.5, 0.6) is 5.75 Å². The van der Waals surface area contributed by atoms with Crippen LogP contribution in [0.4, 0.5) is 11.4 Å². The molecule has 0 aromatic heterocycles. The van der Waals surface area contributed by atoms with Gasteiger partial charge in [0.15, 0.2) is 6.61 Å². The first kappa shape index (κ1) is 16.5. The molecule has 0 spiro atoms. The number of hydrogen-bond donors (Lipinski definition) is 1. The average molecular weight is 314 g/mol. The molecule has 23 heavy (non-hydrogen) atoms. The van der Waals surface area contributed by atoms with Crippen molar-refractivity contribution in [2.45, 2.75) is 20.8 Å². The SMILES string of the molecule is Cc1cc(C)cc(OCC(=O)Nc2ccc(C)c([N+](=O)[O-])c2)c1. The molecule has 0 aliphatic heterocycles. The van der Waals surface area contributed by atoms with E-state index in [1.165, 1.54) is 6.07 Å². The van der Waals surface area contributed by atoms with Gasteiger partial charge in [0, 0.05) is 17.3 Å². The Morgan fingerprint density at radius 3 is 2.39 bits per heavy atom. The van der Waals surface area contributed by atoms with E-state index in [-0.39, 0.29) is 18.2 Å². The van der Waals surface area contributed by atoms with E-state index in [1.54, 1.807) is 19.1 Å². The van der Waals surface area contributed by atoms with Crippen molar-refractivity contribution in [3.05, 3.63) is 63.2 Å². The number of carbonyl (C=O) groups excluding carboxylic acids is 1. The second-order valence-corrected chi connectivity index (χ2v) is 5.42. The molecule has 0 aliphatic rings. The first-order chi connectivity index (χ1) is 10.8. The normalized spacial score (nSPS) is 10.2. The van der Waals surface area contributed by atoms with Gasteiger partial charge < -0.3 is 10.1 Å². The summed E-state index contributed by atoms with van der Waals surface area (Å²) in [6, 6.07) is 10.3. The molecule has 2 aromatic rings. The third-order valence-corrected chi connectivity index (χ3v) is 3.25. The smallest absolute Gasteiger partial charge is 0.274 e. The van der Waals surface area contributed by atoms with Crippen LogP contribution in [0.15, 0.2) is 36.4 Å². The van der Waals surface area contributed by atoms with Crippen LogP contribution in [0, 0.1) is 30.9 Å². The number of anilines is 1. The van der Waals surface area contributed by atoms with Gasteiger partial charge in [-0.05, 0) is 50.1 Å². The van der Waals surface area contributed by atoms with Gasteiger partial charge in [-0.25, -0.2) is 0 Å². The molecule has 0 aliphatic carbocycles. The molecule has 0 radical (unpaired) electrons. The van der Waals surface area contributed by atoms with Crippen molar-refractivity contribution >= 4 is 17.3 Å². The highest BCUT2D eigenvalue weighted by atomic mass is 16.6. The van der Waals surface area contributed by atoms with Gasteiger partial charge in [-0.3, -0.25) is 14.9 Å². The Bertz CT molecular complexity index is 736. The molecule has 6 heteroatoms. The number of aryl methyl sites for hydroxylation is 3. The van der Waals surface area contributed by atoms with Crippen LogP contribution in [0.25, 0.3) is 0 Å². The van der Waals surface area contributed by atoms with Crippen molar-refractivity contribution in [1.29, 1.82) is 0 Å². The topological polar surface area (TPSA) is 81.5 Å². The number of benzene rings is 2. The molecule has 0 saturated carbocycles. The van der Waals surface area contributed by atoms with E-state index < -0.39 is 4.92 Å². The van der Waals surface area contributed by atoms with Crippen LogP contribution < -0.4 is 10.1 Å². The number of nitro groups is 1.